The largest absolute Gasteiger partial charge is 0.455 e. The van der Waals surface area contributed by atoms with E-state index < -0.39 is 5.97 Å². The van der Waals surface area contributed by atoms with E-state index in [-0.39, 0.29) is 12.2 Å². The number of carbonyl (C=O) groups excluding carboxylic acids is 1. The predicted molar refractivity (Wildman–Crippen MR) is 101 cm³/mol. The predicted octanol–water partition coefficient (Wildman–Crippen LogP) is 3.60. The standard InChI is InChI=1S/C19H14BrN3O3/c1-11-3-2-6-23-17(24)9-14(21-18(11)23)10-26-19(25)16-8-12-7-13(20)4-5-15(12)22-16/h2-9,22H,10H2,1H3. The molecule has 130 valence electrons. The third-order valence-electron chi connectivity index (χ3n) is 4.09. The maximum atomic E-state index is 12.3. The summed E-state index contributed by atoms with van der Waals surface area (Å²) in [5.41, 5.74) is 2.84. The van der Waals surface area contributed by atoms with E-state index in [2.05, 4.69) is 25.9 Å². The van der Waals surface area contributed by atoms with Gasteiger partial charge in [0.05, 0.1) is 5.69 Å². The lowest BCUT2D eigenvalue weighted by molar-refractivity contribution is 0.0462. The van der Waals surface area contributed by atoms with Gasteiger partial charge in [-0.25, -0.2) is 9.78 Å². The highest BCUT2D eigenvalue weighted by molar-refractivity contribution is 9.10. The van der Waals surface area contributed by atoms with Crippen molar-refractivity contribution in [1.82, 2.24) is 14.4 Å². The topological polar surface area (TPSA) is 76.5 Å². The molecule has 0 amide bonds. The van der Waals surface area contributed by atoms with Gasteiger partial charge < -0.3 is 9.72 Å². The fraction of sp³-hybridized carbons (Fsp3) is 0.105. The number of rotatable bonds is 3. The molecule has 0 spiro atoms. The zero-order valence-electron chi connectivity index (χ0n) is 13.8. The molecule has 26 heavy (non-hydrogen) atoms. The molecule has 6 nitrogen and oxygen atoms in total. The van der Waals surface area contributed by atoms with Crippen LogP contribution in [0.1, 0.15) is 21.7 Å². The summed E-state index contributed by atoms with van der Waals surface area (Å²) in [5.74, 6) is -0.496. The van der Waals surface area contributed by atoms with E-state index in [1.54, 1.807) is 18.3 Å². The summed E-state index contributed by atoms with van der Waals surface area (Å²) in [5, 5.41) is 0.907. The normalized spacial score (nSPS) is 11.2. The van der Waals surface area contributed by atoms with Gasteiger partial charge >= 0.3 is 5.97 Å². The van der Waals surface area contributed by atoms with E-state index in [1.165, 1.54) is 10.5 Å². The number of carbonyl (C=O) groups is 1. The number of nitrogens with one attached hydrogen (secondary N) is 1. The first-order valence-electron chi connectivity index (χ1n) is 7.94. The summed E-state index contributed by atoms with van der Waals surface area (Å²) in [6, 6.07) is 12.5. The molecular formula is C19H14BrN3O3. The molecule has 0 radical (unpaired) electrons. The van der Waals surface area contributed by atoms with Crippen LogP contribution in [0.3, 0.4) is 0 Å². The van der Waals surface area contributed by atoms with Gasteiger partial charge in [-0.2, -0.15) is 0 Å². The summed E-state index contributed by atoms with van der Waals surface area (Å²) < 4.78 is 7.72. The van der Waals surface area contributed by atoms with Crippen molar-refractivity contribution in [3.05, 3.63) is 80.4 Å². The Labute approximate surface area is 156 Å². The number of hydrogen-bond acceptors (Lipinski definition) is 4. The first-order valence-corrected chi connectivity index (χ1v) is 8.74. The van der Waals surface area contributed by atoms with E-state index in [4.69, 9.17) is 4.74 Å². The molecule has 0 saturated carbocycles. The van der Waals surface area contributed by atoms with Crippen molar-refractivity contribution in [3.8, 4) is 0 Å². The number of hydrogen-bond donors (Lipinski definition) is 1. The lowest BCUT2D eigenvalue weighted by Gasteiger charge is -2.06. The molecule has 0 aliphatic rings. The second-order valence-electron chi connectivity index (χ2n) is 5.96. The summed E-state index contributed by atoms with van der Waals surface area (Å²) in [6.45, 7) is 1.80. The summed E-state index contributed by atoms with van der Waals surface area (Å²) in [6.07, 6.45) is 1.66. The number of aromatic nitrogens is 3. The van der Waals surface area contributed by atoms with E-state index in [0.717, 1.165) is 20.9 Å². The van der Waals surface area contributed by atoms with Crippen molar-refractivity contribution in [2.75, 3.05) is 0 Å². The number of aromatic amines is 1. The van der Waals surface area contributed by atoms with Gasteiger partial charge in [-0.05, 0) is 42.8 Å². The molecule has 3 heterocycles. The minimum absolute atomic E-state index is 0.0715. The number of pyridine rings is 1. The number of esters is 1. The molecule has 0 unspecified atom stereocenters. The molecule has 0 aliphatic heterocycles. The number of fused-ring (bicyclic) bond motifs is 2. The van der Waals surface area contributed by atoms with Crippen LogP contribution >= 0.6 is 15.9 Å². The second-order valence-corrected chi connectivity index (χ2v) is 6.88. The summed E-state index contributed by atoms with van der Waals surface area (Å²) in [7, 11) is 0. The van der Waals surface area contributed by atoms with Gasteiger partial charge in [0, 0.05) is 27.6 Å². The quantitative estimate of drug-likeness (QED) is 0.522. The van der Waals surface area contributed by atoms with Crippen LogP contribution in [0.15, 0.2) is 57.9 Å². The minimum Gasteiger partial charge on any atom is -0.455 e. The Hall–Kier alpha value is -2.93. The van der Waals surface area contributed by atoms with Gasteiger partial charge in [-0.15, -0.1) is 0 Å². The van der Waals surface area contributed by atoms with E-state index in [9.17, 15) is 9.59 Å². The molecule has 0 atom stereocenters. The van der Waals surface area contributed by atoms with E-state index >= 15 is 0 Å². The molecule has 1 aromatic carbocycles. The molecule has 1 N–H and O–H groups in total. The molecule has 0 aliphatic carbocycles. The number of benzene rings is 1. The summed E-state index contributed by atoms with van der Waals surface area (Å²) >= 11 is 3.40. The summed E-state index contributed by atoms with van der Waals surface area (Å²) in [4.78, 5) is 32.0. The van der Waals surface area contributed by atoms with Crippen molar-refractivity contribution in [3.63, 3.8) is 0 Å². The minimum atomic E-state index is -0.496. The van der Waals surface area contributed by atoms with Crippen LogP contribution < -0.4 is 5.56 Å². The number of nitrogens with zero attached hydrogens (tertiary/aromatic N) is 2. The fourth-order valence-electron chi connectivity index (χ4n) is 2.81. The Bertz CT molecular complexity index is 1210. The van der Waals surface area contributed by atoms with Crippen molar-refractivity contribution >= 4 is 38.4 Å². The number of aryl methyl sites for hydroxylation is 1. The molecule has 7 heteroatoms. The Balaban J connectivity index is 1.58. The highest BCUT2D eigenvalue weighted by Gasteiger charge is 2.13. The average Bonchev–Trinajstić information content (AvgIpc) is 3.04. The number of H-pyrrole nitrogens is 1. The second kappa shape index (κ2) is 6.42. The highest BCUT2D eigenvalue weighted by Crippen LogP contribution is 2.21. The zero-order chi connectivity index (χ0) is 18.3. The lowest BCUT2D eigenvalue weighted by Crippen LogP contribution is -2.17. The van der Waals surface area contributed by atoms with Gasteiger partial charge in [-0.3, -0.25) is 9.20 Å². The maximum absolute atomic E-state index is 12.3. The molecule has 0 bridgehead atoms. The first kappa shape index (κ1) is 16.5. The zero-order valence-corrected chi connectivity index (χ0v) is 15.4. The van der Waals surface area contributed by atoms with Crippen molar-refractivity contribution in [2.24, 2.45) is 0 Å². The third-order valence-corrected chi connectivity index (χ3v) is 4.59. The molecule has 4 rings (SSSR count). The Kier molecular flexibility index (Phi) is 4.08. The Morgan fingerprint density at radius 3 is 2.96 bits per heavy atom. The van der Waals surface area contributed by atoms with Crippen LogP contribution in [0.25, 0.3) is 16.6 Å². The van der Waals surface area contributed by atoms with Gasteiger partial charge in [0.25, 0.3) is 5.56 Å². The van der Waals surface area contributed by atoms with E-state index in [0.29, 0.717) is 17.0 Å². The molecule has 0 saturated heterocycles. The van der Waals surface area contributed by atoms with Gasteiger partial charge in [0.2, 0.25) is 0 Å². The van der Waals surface area contributed by atoms with Gasteiger partial charge in [0.1, 0.15) is 17.9 Å². The molecular weight excluding hydrogens is 398 g/mol. The SMILES string of the molecule is Cc1cccn2c(=O)cc(COC(=O)c3cc4cc(Br)ccc4[nH]3)nc12. The number of ether oxygens (including phenoxy) is 1. The van der Waals surface area contributed by atoms with Crippen LogP contribution in [0, 0.1) is 6.92 Å². The molecule has 3 aromatic heterocycles. The highest BCUT2D eigenvalue weighted by atomic mass is 79.9. The van der Waals surface area contributed by atoms with Crippen LogP contribution in [0.5, 0.6) is 0 Å². The van der Waals surface area contributed by atoms with Crippen LogP contribution in [0.2, 0.25) is 0 Å². The smallest absolute Gasteiger partial charge is 0.355 e. The monoisotopic (exact) mass is 411 g/mol. The molecule has 0 fully saturated rings. The van der Waals surface area contributed by atoms with Crippen LogP contribution in [-0.2, 0) is 11.3 Å². The first-order chi connectivity index (χ1) is 12.5. The van der Waals surface area contributed by atoms with Crippen molar-refractivity contribution in [1.29, 1.82) is 0 Å². The van der Waals surface area contributed by atoms with Crippen LogP contribution in [-0.4, -0.2) is 20.3 Å². The van der Waals surface area contributed by atoms with Crippen LogP contribution in [0.4, 0.5) is 0 Å². The van der Waals surface area contributed by atoms with Crippen molar-refractivity contribution < 1.29 is 9.53 Å². The average molecular weight is 412 g/mol. The Morgan fingerprint density at radius 1 is 1.27 bits per heavy atom. The van der Waals surface area contributed by atoms with Crippen molar-refractivity contribution in [2.45, 2.75) is 13.5 Å². The van der Waals surface area contributed by atoms with Gasteiger partial charge in [-0.1, -0.05) is 22.0 Å². The maximum Gasteiger partial charge on any atom is 0.355 e. The third kappa shape index (κ3) is 3.01. The fourth-order valence-corrected chi connectivity index (χ4v) is 3.19. The Morgan fingerprint density at radius 2 is 2.12 bits per heavy atom. The molecule has 4 aromatic rings. The lowest BCUT2D eigenvalue weighted by atomic mass is 10.2. The number of halogens is 1. The van der Waals surface area contributed by atoms with E-state index in [1.807, 2.05) is 31.2 Å². The van der Waals surface area contributed by atoms with Gasteiger partial charge in [0.15, 0.2) is 0 Å².